The zero-order chi connectivity index (χ0) is 35.9. The minimum Gasteiger partial charge on any atom is -0.493 e. The van der Waals surface area contributed by atoms with E-state index in [1.54, 1.807) is 42.4 Å². The quantitative estimate of drug-likeness (QED) is 0.122. The van der Waals surface area contributed by atoms with Gasteiger partial charge < -0.3 is 28.6 Å². The molecule has 5 aromatic rings. The van der Waals surface area contributed by atoms with E-state index in [1.807, 2.05) is 41.1 Å². The first-order valence-corrected chi connectivity index (χ1v) is 17.2. The van der Waals surface area contributed by atoms with Crippen LogP contribution in [0.3, 0.4) is 0 Å². The third-order valence-electron chi connectivity index (χ3n) is 9.79. The number of likely N-dealkylation sites (tertiary alicyclic amines) is 1. The Labute approximate surface area is 297 Å². The summed E-state index contributed by atoms with van der Waals surface area (Å²) in [6.07, 6.45) is 5.89. The first-order valence-electron chi connectivity index (χ1n) is 17.2. The van der Waals surface area contributed by atoms with E-state index in [4.69, 9.17) is 19.2 Å². The van der Waals surface area contributed by atoms with Crippen LogP contribution in [0.25, 0.3) is 11.0 Å². The highest BCUT2D eigenvalue weighted by Gasteiger charge is 2.30. The van der Waals surface area contributed by atoms with Crippen molar-refractivity contribution in [2.24, 2.45) is 5.92 Å². The fraction of sp³-hybridized carbons (Fsp3) is 0.350. The Hall–Kier alpha value is -5.29. The van der Waals surface area contributed by atoms with Crippen LogP contribution in [-0.4, -0.2) is 90.6 Å². The van der Waals surface area contributed by atoms with E-state index in [9.17, 15) is 14.0 Å². The highest BCUT2D eigenvalue weighted by atomic mass is 19.1. The molecule has 1 unspecified atom stereocenters. The number of rotatable bonds is 14. The lowest BCUT2D eigenvalue weighted by molar-refractivity contribution is 0.0778. The second kappa shape index (κ2) is 16.2. The third kappa shape index (κ3) is 8.04. The Bertz CT molecular complexity index is 1930. The number of ether oxygens (including phenoxy) is 3. The number of hydrogen-bond donors (Lipinski definition) is 0. The first-order chi connectivity index (χ1) is 24.8. The summed E-state index contributed by atoms with van der Waals surface area (Å²) in [5.74, 6) is 1.23. The monoisotopic (exact) mass is 693 g/mol. The van der Waals surface area contributed by atoms with Crippen LogP contribution >= 0.6 is 0 Å². The average Bonchev–Trinajstić information content (AvgIpc) is 3.54. The van der Waals surface area contributed by atoms with Crippen molar-refractivity contribution in [2.75, 3.05) is 54.6 Å². The molecule has 1 aliphatic heterocycles. The molecule has 1 amide bonds. The van der Waals surface area contributed by atoms with Crippen LogP contribution in [0.5, 0.6) is 17.2 Å². The van der Waals surface area contributed by atoms with Gasteiger partial charge in [-0.15, -0.1) is 0 Å². The number of piperidine rings is 1. The number of aromatic nitrogens is 3. The van der Waals surface area contributed by atoms with Crippen molar-refractivity contribution in [3.05, 3.63) is 114 Å². The van der Waals surface area contributed by atoms with E-state index in [0.717, 1.165) is 61.1 Å². The first kappa shape index (κ1) is 35.5. The second-order valence-corrected chi connectivity index (χ2v) is 13.0. The van der Waals surface area contributed by atoms with Gasteiger partial charge in [-0.05, 0) is 92.5 Å². The van der Waals surface area contributed by atoms with Gasteiger partial charge in [-0.1, -0.05) is 30.3 Å². The van der Waals surface area contributed by atoms with E-state index in [1.165, 1.54) is 33.5 Å². The Morgan fingerprint density at radius 1 is 0.941 bits per heavy atom. The van der Waals surface area contributed by atoms with Gasteiger partial charge in [0.1, 0.15) is 5.82 Å². The number of Topliss-reactive ketones (excluding diaryl/α,β-unsaturated/α-hetero) is 1. The Morgan fingerprint density at radius 3 is 2.29 bits per heavy atom. The van der Waals surface area contributed by atoms with E-state index in [-0.39, 0.29) is 29.3 Å². The predicted octanol–water partition coefficient (Wildman–Crippen LogP) is 6.49. The number of carbonyl (C=O) groups is 2. The maximum absolute atomic E-state index is 14.0. The number of nitrogens with zero attached hydrogens (tertiary/aromatic N) is 5. The van der Waals surface area contributed by atoms with Crippen LogP contribution in [0.2, 0.25) is 0 Å². The van der Waals surface area contributed by atoms with Crippen LogP contribution < -0.4 is 14.2 Å². The number of hydrogen-bond acceptors (Lipinski definition) is 8. The lowest BCUT2D eigenvalue weighted by Crippen LogP contribution is -2.38. The molecule has 10 nitrogen and oxygen atoms in total. The molecule has 0 bridgehead atoms. The van der Waals surface area contributed by atoms with E-state index >= 15 is 0 Å². The van der Waals surface area contributed by atoms with Gasteiger partial charge in [0.15, 0.2) is 17.3 Å². The Morgan fingerprint density at radius 2 is 1.65 bits per heavy atom. The molecule has 1 fully saturated rings. The van der Waals surface area contributed by atoms with Crippen LogP contribution in [0.4, 0.5) is 4.39 Å². The highest BCUT2D eigenvalue weighted by molar-refractivity contribution is 5.98. The summed E-state index contributed by atoms with van der Waals surface area (Å²) in [5, 5.41) is 0. The molecule has 3 aromatic carbocycles. The summed E-state index contributed by atoms with van der Waals surface area (Å²) in [4.78, 5) is 40.9. The van der Waals surface area contributed by atoms with Crippen molar-refractivity contribution in [3.63, 3.8) is 0 Å². The number of imidazole rings is 1. The van der Waals surface area contributed by atoms with Crippen LogP contribution in [-0.2, 0) is 6.54 Å². The normalized spacial score (nSPS) is 14.3. The highest BCUT2D eigenvalue weighted by Crippen LogP contribution is 2.38. The van der Waals surface area contributed by atoms with Gasteiger partial charge in [0, 0.05) is 49.9 Å². The molecule has 0 radical (unpaired) electrons. The van der Waals surface area contributed by atoms with Crippen molar-refractivity contribution in [1.29, 1.82) is 0 Å². The number of likely N-dealkylation sites (N-methyl/N-ethyl adjacent to an activating group) is 1. The van der Waals surface area contributed by atoms with E-state index in [0.29, 0.717) is 41.7 Å². The number of benzene rings is 3. The van der Waals surface area contributed by atoms with E-state index < -0.39 is 0 Å². The Balaban J connectivity index is 1.11. The third-order valence-corrected chi connectivity index (χ3v) is 9.79. The van der Waals surface area contributed by atoms with Crippen molar-refractivity contribution in [2.45, 2.75) is 31.7 Å². The molecule has 266 valence electrons. The van der Waals surface area contributed by atoms with Gasteiger partial charge in [-0.3, -0.25) is 14.6 Å². The molecular weight excluding hydrogens is 649 g/mol. The van der Waals surface area contributed by atoms with Crippen molar-refractivity contribution in [1.82, 2.24) is 24.3 Å². The molecular formula is C40H44FN5O5. The molecule has 51 heavy (non-hydrogen) atoms. The van der Waals surface area contributed by atoms with Crippen molar-refractivity contribution < 1.29 is 28.2 Å². The number of fused-ring (bicyclic) bond motifs is 1. The van der Waals surface area contributed by atoms with Crippen LogP contribution in [0.1, 0.15) is 57.3 Å². The zero-order valence-corrected chi connectivity index (χ0v) is 29.5. The number of carbonyl (C=O) groups excluding carboxylic acids is 2. The predicted molar refractivity (Wildman–Crippen MR) is 193 cm³/mol. The largest absolute Gasteiger partial charge is 0.493 e. The molecule has 1 aliphatic rings. The average molecular weight is 694 g/mol. The van der Waals surface area contributed by atoms with Gasteiger partial charge in [-0.2, -0.15) is 0 Å². The van der Waals surface area contributed by atoms with Crippen LogP contribution in [0, 0.1) is 11.7 Å². The van der Waals surface area contributed by atoms with Gasteiger partial charge in [0.25, 0.3) is 5.91 Å². The van der Waals surface area contributed by atoms with Gasteiger partial charge in [0.2, 0.25) is 11.5 Å². The van der Waals surface area contributed by atoms with Gasteiger partial charge in [-0.25, -0.2) is 9.37 Å². The summed E-state index contributed by atoms with van der Waals surface area (Å²) in [7, 11) is 6.38. The molecule has 2 aromatic heterocycles. The molecule has 11 heteroatoms. The molecule has 6 rings (SSSR count). The molecule has 0 saturated carbocycles. The molecule has 1 saturated heterocycles. The lowest BCUT2D eigenvalue weighted by Gasteiger charge is -2.33. The van der Waals surface area contributed by atoms with Crippen LogP contribution in [0.15, 0.2) is 85.2 Å². The summed E-state index contributed by atoms with van der Waals surface area (Å²) in [6.45, 7) is 3.31. The molecule has 0 N–H and O–H groups in total. The summed E-state index contributed by atoms with van der Waals surface area (Å²) >= 11 is 0. The van der Waals surface area contributed by atoms with Crippen molar-refractivity contribution in [3.8, 4) is 17.2 Å². The molecule has 3 heterocycles. The van der Waals surface area contributed by atoms with E-state index in [2.05, 4.69) is 16.0 Å². The SMILES string of the molecule is COc1cc(C(=O)N(C)CC(CCN2CCC(C(=O)c3nc4ccccc4n3Cc3ccc(F)cc3)CC2)c2cccnc2)cc(OC)c1OC. The number of pyridine rings is 1. The van der Waals surface area contributed by atoms with Gasteiger partial charge >= 0.3 is 0 Å². The number of para-hydroxylation sites is 2. The standard InChI is InChI=1S/C40H44FN5O5/c1-44(40(48)31-22-35(49-2)38(51-4)36(23-31)50-3)26-30(29-8-7-18-42-24-29)17-21-45-19-15-28(16-20-45)37(47)39-43-33-9-5-6-10-34(33)46(39)25-27-11-13-32(41)14-12-27/h5-14,18,22-24,28,30H,15-17,19-21,25-26H2,1-4H3. The molecule has 1 atom stereocenters. The minimum absolute atomic E-state index is 0.0420. The fourth-order valence-electron chi connectivity index (χ4n) is 6.96. The Kier molecular flexibility index (Phi) is 11.3. The maximum Gasteiger partial charge on any atom is 0.253 e. The molecule has 0 spiro atoms. The fourth-order valence-corrected chi connectivity index (χ4v) is 6.96. The minimum atomic E-state index is -0.291. The van der Waals surface area contributed by atoms with Gasteiger partial charge in [0.05, 0.1) is 32.4 Å². The number of halogens is 1. The summed E-state index contributed by atoms with van der Waals surface area (Å²) < 4.78 is 31.9. The summed E-state index contributed by atoms with van der Waals surface area (Å²) in [6, 6.07) is 21.4. The molecule has 0 aliphatic carbocycles. The number of amides is 1. The number of ketones is 1. The maximum atomic E-state index is 14.0. The zero-order valence-electron chi connectivity index (χ0n) is 29.5. The smallest absolute Gasteiger partial charge is 0.253 e. The summed E-state index contributed by atoms with van der Waals surface area (Å²) in [5.41, 5.74) is 4.07. The number of methoxy groups -OCH3 is 3. The second-order valence-electron chi connectivity index (χ2n) is 13.0. The lowest BCUT2D eigenvalue weighted by atomic mass is 9.91. The topological polar surface area (TPSA) is 99.0 Å². The van der Waals surface area contributed by atoms with Crippen molar-refractivity contribution >= 4 is 22.7 Å².